The Labute approximate surface area is 163 Å². The summed E-state index contributed by atoms with van der Waals surface area (Å²) in [5, 5.41) is 0. The Morgan fingerprint density at radius 1 is 1.07 bits per heavy atom. The molecule has 2 unspecified atom stereocenters. The highest BCUT2D eigenvalue weighted by Gasteiger charge is 2.24. The molecular formula is C23H37F3O. The monoisotopic (exact) mass is 386 g/mol. The summed E-state index contributed by atoms with van der Waals surface area (Å²) in [6.45, 7) is 4.08. The van der Waals surface area contributed by atoms with Crippen molar-refractivity contribution < 1.29 is 17.9 Å². The summed E-state index contributed by atoms with van der Waals surface area (Å²) < 4.78 is 42.6. The van der Waals surface area contributed by atoms with Gasteiger partial charge in [0.1, 0.15) is 5.76 Å². The van der Waals surface area contributed by atoms with E-state index >= 15 is 0 Å². The van der Waals surface area contributed by atoms with Gasteiger partial charge in [0.15, 0.2) is 5.83 Å². The van der Waals surface area contributed by atoms with Gasteiger partial charge in [-0.1, -0.05) is 58.4 Å². The van der Waals surface area contributed by atoms with Crippen LogP contribution in [0.5, 0.6) is 0 Å². The average molecular weight is 387 g/mol. The first-order valence-corrected chi connectivity index (χ1v) is 10.9. The third-order valence-electron chi connectivity index (χ3n) is 6.85. The SMILES string of the molecule is CCC(CCC1=CC(F)=C(OC(F)F)CC1)CCC(C)C1CCC(C)CC1. The van der Waals surface area contributed by atoms with Gasteiger partial charge in [-0.3, -0.25) is 0 Å². The van der Waals surface area contributed by atoms with Crippen LogP contribution in [-0.2, 0) is 4.74 Å². The summed E-state index contributed by atoms with van der Waals surface area (Å²) in [7, 11) is 0. The number of rotatable bonds is 10. The molecule has 0 spiro atoms. The molecule has 0 amide bonds. The third-order valence-corrected chi connectivity index (χ3v) is 6.85. The molecular weight excluding hydrogens is 349 g/mol. The summed E-state index contributed by atoms with van der Waals surface area (Å²) in [6, 6.07) is 0. The summed E-state index contributed by atoms with van der Waals surface area (Å²) in [4.78, 5) is 0. The van der Waals surface area contributed by atoms with Crippen LogP contribution in [-0.4, -0.2) is 6.61 Å². The number of hydrogen-bond donors (Lipinski definition) is 0. The highest BCUT2D eigenvalue weighted by molar-refractivity contribution is 5.26. The van der Waals surface area contributed by atoms with Crippen LogP contribution in [0.4, 0.5) is 13.2 Å². The van der Waals surface area contributed by atoms with Crippen molar-refractivity contribution in [2.75, 3.05) is 0 Å². The number of hydrogen-bond acceptors (Lipinski definition) is 1. The largest absolute Gasteiger partial charge is 0.436 e. The topological polar surface area (TPSA) is 9.23 Å². The van der Waals surface area contributed by atoms with E-state index < -0.39 is 12.4 Å². The molecule has 0 aliphatic heterocycles. The molecule has 0 bridgehead atoms. The number of alkyl halides is 2. The lowest BCUT2D eigenvalue weighted by molar-refractivity contribution is -0.101. The normalized spacial score (nSPS) is 26.1. The van der Waals surface area contributed by atoms with Crippen LogP contribution >= 0.6 is 0 Å². The van der Waals surface area contributed by atoms with Crippen LogP contribution in [0.3, 0.4) is 0 Å². The van der Waals surface area contributed by atoms with Gasteiger partial charge in [-0.15, -0.1) is 0 Å². The molecule has 0 saturated heterocycles. The van der Waals surface area contributed by atoms with Crippen LogP contribution in [0.1, 0.15) is 91.4 Å². The predicted octanol–water partition coefficient (Wildman–Crippen LogP) is 8.18. The predicted molar refractivity (Wildman–Crippen MR) is 105 cm³/mol. The maximum absolute atomic E-state index is 13.9. The van der Waals surface area contributed by atoms with Crippen LogP contribution in [0, 0.1) is 23.7 Å². The maximum atomic E-state index is 13.9. The quantitative estimate of drug-likeness (QED) is 0.368. The molecule has 2 rings (SSSR count). The van der Waals surface area contributed by atoms with E-state index in [1.54, 1.807) is 0 Å². The first kappa shape index (κ1) is 22.4. The van der Waals surface area contributed by atoms with Gasteiger partial charge >= 0.3 is 6.61 Å². The molecule has 2 aliphatic carbocycles. The fraction of sp³-hybridized carbons (Fsp3) is 0.826. The molecule has 0 aromatic carbocycles. The smallest absolute Gasteiger partial charge is 0.387 e. The van der Waals surface area contributed by atoms with E-state index in [0.29, 0.717) is 12.3 Å². The van der Waals surface area contributed by atoms with Crippen LogP contribution in [0.25, 0.3) is 0 Å². The highest BCUT2D eigenvalue weighted by atomic mass is 19.3. The Hall–Kier alpha value is -0.930. The minimum atomic E-state index is -2.94. The van der Waals surface area contributed by atoms with Crippen molar-refractivity contribution in [3.8, 4) is 0 Å². The van der Waals surface area contributed by atoms with Gasteiger partial charge in [-0.2, -0.15) is 8.78 Å². The van der Waals surface area contributed by atoms with Gasteiger partial charge in [-0.25, -0.2) is 4.39 Å². The fourth-order valence-electron chi connectivity index (χ4n) is 4.68. The summed E-state index contributed by atoms with van der Waals surface area (Å²) >= 11 is 0. The van der Waals surface area contributed by atoms with Crippen LogP contribution in [0.15, 0.2) is 23.2 Å². The van der Waals surface area contributed by atoms with Crippen molar-refractivity contribution in [1.82, 2.24) is 0 Å². The first-order valence-electron chi connectivity index (χ1n) is 10.9. The van der Waals surface area contributed by atoms with Crippen molar-refractivity contribution in [3.63, 3.8) is 0 Å². The van der Waals surface area contributed by atoms with E-state index in [0.717, 1.165) is 42.6 Å². The molecule has 0 aromatic heterocycles. The van der Waals surface area contributed by atoms with Gasteiger partial charge in [0.05, 0.1) is 0 Å². The highest BCUT2D eigenvalue weighted by Crippen LogP contribution is 2.36. The summed E-state index contributed by atoms with van der Waals surface area (Å²) in [5.41, 5.74) is 1.03. The molecule has 2 atom stereocenters. The lowest BCUT2D eigenvalue weighted by atomic mass is 9.75. The zero-order valence-corrected chi connectivity index (χ0v) is 17.3. The second-order valence-corrected chi connectivity index (χ2v) is 8.84. The zero-order valence-electron chi connectivity index (χ0n) is 17.3. The average Bonchev–Trinajstić information content (AvgIpc) is 2.64. The molecule has 1 fully saturated rings. The molecule has 2 aliphatic rings. The standard InChI is InChI=1S/C23H37F3O/c1-4-18(8-7-17(3)20-12-5-16(2)6-13-20)9-10-19-11-14-22(21(24)15-19)27-23(25)26/h15-18,20,23H,4-14H2,1-3H3. The molecule has 1 nitrogen and oxygen atoms in total. The number of ether oxygens (including phenoxy) is 1. The minimum Gasteiger partial charge on any atom is -0.436 e. The van der Waals surface area contributed by atoms with Crippen LogP contribution < -0.4 is 0 Å². The second kappa shape index (κ2) is 11.2. The van der Waals surface area contributed by atoms with Gasteiger partial charge in [0.2, 0.25) is 0 Å². The van der Waals surface area contributed by atoms with E-state index in [2.05, 4.69) is 25.5 Å². The van der Waals surface area contributed by atoms with Crippen molar-refractivity contribution in [1.29, 1.82) is 0 Å². The molecule has 0 N–H and O–H groups in total. The lowest BCUT2D eigenvalue weighted by Gasteiger charge is -2.31. The Bertz CT molecular complexity index is 504. The fourth-order valence-corrected chi connectivity index (χ4v) is 4.68. The van der Waals surface area contributed by atoms with E-state index in [1.165, 1.54) is 44.6 Å². The summed E-state index contributed by atoms with van der Waals surface area (Å²) in [5.74, 6) is 2.45. The minimum absolute atomic E-state index is 0.198. The molecule has 0 heterocycles. The Morgan fingerprint density at radius 2 is 1.78 bits per heavy atom. The van der Waals surface area contributed by atoms with E-state index in [1.807, 2.05) is 0 Å². The Kier molecular flexibility index (Phi) is 9.25. The van der Waals surface area contributed by atoms with Gasteiger partial charge in [-0.05, 0) is 61.9 Å². The molecule has 27 heavy (non-hydrogen) atoms. The maximum Gasteiger partial charge on any atom is 0.387 e. The Balaban J connectivity index is 1.74. The molecule has 4 heteroatoms. The number of halogens is 3. The lowest BCUT2D eigenvalue weighted by Crippen LogP contribution is -2.19. The molecule has 156 valence electrons. The van der Waals surface area contributed by atoms with Crippen LogP contribution in [0.2, 0.25) is 0 Å². The first-order chi connectivity index (χ1) is 12.9. The Morgan fingerprint density at radius 3 is 2.37 bits per heavy atom. The van der Waals surface area contributed by atoms with E-state index in [4.69, 9.17) is 0 Å². The number of allylic oxidation sites excluding steroid dienone is 4. The second-order valence-electron chi connectivity index (χ2n) is 8.84. The van der Waals surface area contributed by atoms with Crippen molar-refractivity contribution >= 4 is 0 Å². The molecule has 0 aromatic rings. The van der Waals surface area contributed by atoms with Gasteiger partial charge < -0.3 is 4.74 Å². The summed E-state index contributed by atoms with van der Waals surface area (Å²) in [6.07, 6.45) is 13.5. The van der Waals surface area contributed by atoms with Gasteiger partial charge in [0.25, 0.3) is 0 Å². The van der Waals surface area contributed by atoms with E-state index in [9.17, 15) is 13.2 Å². The van der Waals surface area contributed by atoms with Gasteiger partial charge in [0, 0.05) is 6.42 Å². The molecule has 0 radical (unpaired) electrons. The third kappa shape index (κ3) is 7.54. The van der Waals surface area contributed by atoms with Crippen molar-refractivity contribution in [2.45, 2.75) is 98.0 Å². The molecule has 1 saturated carbocycles. The zero-order chi connectivity index (χ0) is 19.8. The van der Waals surface area contributed by atoms with E-state index in [-0.39, 0.29) is 12.2 Å². The van der Waals surface area contributed by atoms with Crippen molar-refractivity contribution in [2.24, 2.45) is 23.7 Å². The van der Waals surface area contributed by atoms with Crippen molar-refractivity contribution in [3.05, 3.63) is 23.2 Å².